The highest BCUT2D eigenvalue weighted by molar-refractivity contribution is 7.12. The van der Waals surface area contributed by atoms with Crippen molar-refractivity contribution in [3.63, 3.8) is 0 Å². The molecule has 1 heterocycles. The third-order valence-corrected chi connectivity index (χ3v) is 3.76. The van der Waals surface area contributed by atoms with E-state index >= 15 is 0 Å². The molecular formula is C14H11F3N2S. The quantitative estimate of drug-likeness (QED) is 0.887. The van der Waals surface area contributed by atoms with Crippen LogP contribution in [-0.2, 0) is 6.18 Å². The third kappa shape index (κ3) is 3.31. The van der Waals surface area contributed by atoms with Crippen molar-refractivity contribution in [3.05, 3.63) is 51.7 Å². The van der Waals surface area contributed by atoms with Crippen molar-refractivity contribution in [1.29, 1.82) is 5.26 Å². The summed E-state index contributed by atoms with van der Waals surface area (Å²) in [6, 6.07) is 9.92. The standard InChI is InChI=1S/C14H11F3N2S/c1-9-2-7-13(20-9)12(8-18)19-11-5-3-10(4-6-11)14(15,16)17/h2-7,12,19H,1H3/t12-/m1/s1. The van der Waals surface area contributed by atoms with Crippen LogP contribution in [0.25, 0.3) is 0 Å². The number of nitrogens with one attached hydrogen (secondary N) is 1. The first-order valence-electron chi connectivity index (χ1n) is 5.80. The Morgan fingerprint density at radius 3 is 2.25 bits per heavy atom. The molecule has 1 N–H and O–H groups in total. The molecule has 2 rings (SSSR count). The fourth-order valence-corrected chi connectivity index (χ4v) is 2.57. The second kappa shape index (κ2) is 5.55. The molecule has 1 aromatic carbocycles. The first-order chi connectivity index (χ1) is 9.40. The number of nitrogens with zero attached hydrogens (tertiary/aromatic N) is 1. The zero-order valence-corrected chi connectivity index (χ0v) is 11.3. The monoisotopic (exact) mass is 296 g/mol. The minimum Gasteiger partial charge on any atom is -0.366 e. The predicted molar refractivity (Wildman–Crippen MR) is 72.5 cm³/mol. The fourth-order valence-electron chi connectivity index (χ4n) is 1.70. The van der Waals surface area contributed by atoms with E-state index in [1.54, 1.807) is 0 Å². The molecule has 20 heavy (non-hydrogen) atoms. The number of benzene rings is 1. The van der Waals surface area contributed by atoms with Crippen LogP contribution in [-0.4, -0.2) is 0 Å². The first-order valence-corrected chi connectivity index (χ1v) is 6.61. The molecule has 0 radical (unpaired) electrons. The topological polar surface area (TPSA) is 35.8 Å². The molecule has 6 heteroatoms. The number of hydrogen-bond donors (Lipinski definition) is 1. The summed E-state index contributed by atoms with van der Waals surface area (Å²) in [5.74, 6) is 0. The van der Waals surface area contributed by atoms with E-state index in [4.69, 9.17) is 5.26 Å². The number of hydrogen-bond acceptors (Lipinski definition) is 3. The van der Waals surface area contributed by atoms with Gasteiger partial charge in [0, 0.05) is 15.4 Å². The smallest absolute Gasteiger partial charge is 0.366 e. The van der Waals surface area contributed by atoms with Gasteiger partial charge in [0.25, 0.3) is 0 Å². The molecule has 0 unspecified atom stereocenters. The van der Waals surface area contributed by atoms with Crippen LogP contribution < -0.4 is 5.32 Å². The Kier molecular flexibility index (Phi) is 4.00. The summed E-state index contributed by atoms with van der Waals surface area (Å²) >= 11 is 1.48. The Labute approximate surface area is 118 Å². The number of nitriles is 1. The van der Waals surface area contributed by atoms with Crippen LogP contribution in [0.5, 0.6) is 0 Å². The van der Waals surface area contributed by atoms with Crippen LogP contribution in [0.15, 0.2) is 36.4 Å². The Bertz CT molecular complexity index is 623. The second-order valence-corrected chi connectivity index (χ2v) is 5.55. The van der Waals surface area contributed by atoms with Crippen molar-refractivity contribution in [2.45, 2.75) is 19.1 Å². The fraction of sp³-hybridized carbons (Fsp3) is 0.214. The molecule has 0 aliphatic rings. The van der Waals surface area contributed by atoms with E-state index < -0.39 is 17.8 Å². The average molecular weight is 296 g/mol. The SMILES string of the molecule is Cc1ccc([C@@H](C#N)Nc2ccc(C(F)(F)F)cc2)s1. The molecule has 2 nitrogen and oxygen atoms in total. The summed E-state index contributed by atoms with van der Waals surface area (Å²) in [4.78, 5) is 1.92. The van der Waals surface area contributed by atoms with E-state index in [1.165, 1.54) is 23.5 Å². The molecule has 0 saturated heterocycles. The number of anilines is 1. The van der Waals surface area contributed by atoms with Crippen molar-refractivity contribution >= 4 is 17.0 Å². The summed E-state index contributed by atoms with van der Waals surface area (Å²) in [5.41, 5.74) is -0.223. The summed E-state index contributed by atoms with van der Waals surface area (Å²) < 4.78 is 37.3. The molecule has 1 atom stereocenters. The lowest BCUT2D eigenvalue weighted by Crippen LogP contribution is -2.08. The second-order valence-electron chi connectivity index (χ2n) is 4.23. The zero-order valence-electron chi connectivity index (χ0n) is 10.5. The third-order valence-electron chi connectivity index (χ3n) is 2.70. The molecule has 0 saturated carbocycles. The number of alkyl halides is 3. The van der Waals surface area contributed by atoms with Crippen molar-refractivity contribution in [2.75, 3.05) is 5.32 Å². The van der Waals surface area contributed by atoms with Gasteiger partial charge in [0.2, 0.25) is 0 Å². The van der Waals surface area contributed by atoms with Gasteiger partial charge >= 0.3 is 6.18 Å². The summed E-state index contributed by atoms with van der Waals surface area (Å²) in [7, 11) is 0. The molecule has 2 aromatic rings. The van der Waals surface area contributed by atoms with E-state index in [2.05, 4.69) is 11.4 Å². The van der Waals surface area contributed by atoms with Gasteiger partial charge in [0.1, 0.15) is 6.04 Å². The van der Waals surface area contributed by atoms with Gasteiger partial charge in [-0.05, 0) is 43.3 Å². The lowest BCUT2D eigenvalue weighted by Gasteiger charge is -2.12. The lowest BCUT2D eigenvalue weighted by molar-refractivity contribution is -0.137. The van der Waals surface area contributed by atoms with Crippen LogP contribution in [0.3, 0.4) is 0 Å². The van der Waals surface area contributed by atoms with E-state index in [0.717, 1.165) is 21.9 Å². The normalized spacial score (nSPS) is 12.8. The Morgan fingerprint density at radius 2 is 1.80 bits per heavy atom. The van der Waals surface area contributed by atoms with Crippen molar-refractivity contribution in [3.8, 4) is 6.07 Å². The highest BCUT2D eigenvalue weighted by atomic mass is 32.1. The van der Waals surface area contributed by atoms with Crippen LogP contribution in [0, 0.1) is 18.3 Å². The van der Waals surface area contributed by atoms with E-state index in [-0.39, 0.29) is 0 Å². The Morgan fingerprint density at radius 1 is 1.15 bits per heavy atom. The largest absolute Gasteiger partial charge is 0.416 e. The molecule has 0 bridgehead atoms. The van der Waals surface area contributed by atoms with Crippen molar-refractivity contribution < 1.29 is 13.2 Å². The first kappa shape index (κ1) is 14.4. The van der Waals surface area contributed by atoms with Gasteiger partial charge < -0.3 is 5.32 Å². The molecule has 0 fully saturated rings. The summed E-state index contributed by atoms with van der Waals surface area (Å²) in [6.07, 6.45) is -4.35. The average Bonchev–Trinajstić information content (AvgIpc) is 2.82. The van der Waals surface area contributed by atoms with Gasteiger partial charge in [0.15, 0.2) is 0 Å². The minimum atomic E-state index is -4.35. The summed E-state index contributed by atoms with van der Waals surface area (Å²) in [5, 5.41) is 12.1. The molecule has 104 valence electrons. The number of halogens is 3. The van der Waals surface area contributed by atoms with Gasteiger partial charge in [-0.2, -0.15) is 18.4 Å². The number of aryl methyl sites for hydroxylation is 1. The molecule has 0 spiro atoms. The van der Waals surface area contributed by atoms with Crippen LogP contribution in [0.4, 0.5) is 18.9 Å². The maximum atomic E-state index is 12.4. The maximum absolute atomic E-state index is 12.4. The molecule has 0 aliphatic heterocycles. The van der Waals surface area contributed by atoms with E-state index in [1.807, 2.05) is 19.1 Å². The molecule has 1 aromatic heterocycles. The Balaban J connectivity index is 2.15. The van der Waals surface area contributed by atoms with Gasteiger partial charge in [-0.15, -0.1) is 11.3 Å². The van der Waals surface area contributed by atoms with Crippen LogP contribution >= 0.6 is 11.3 Å². The van der Waals surface area contributed by atoms with Gasteiger partial charge in [-0.1, -0.05) is 0 Å². The van der Waals surface area contributed by atoms with E-state index in [0.29, 0.717) is 5.69 Å². The van der Waals surface area contributed by atoms with Gasteiger partial charge in [0.05, 0.1) is 11.6 Å². The van der Waals surface area contributed by atoms with Crippen molar-refractivity contribution in [1.82, 2.24) is 0 Å². The van der Waals surface area contributed by atoms with Crippen molar-refractivity contribution in [2.24, 2.45) is 0 Å². The minimum absolute atomic E-state index is 0.482. The molecular weight excluding hydrogens is 285 g/mol. The van der Waals surface area contributed by atoms with E-state index in [9.17, 15) is 13.2 Å². The lowest BCUT2D eigenvalue weighted by atomic mass is 10.2. The highest BCUT2D eigenvalue weighted by Crippen LogP contribution is 2.31. The maximum Gasteiger partial charge on any atom is 0.416 e. The van der Waals surface area contributed by atoms with Crippen LogP contribution in [0.1, 0.15) is 21.4 Å². The predicted octanol–water partition coefficient (Wildman–Crippen LogP) is 4.75. The number of thiophene rings is 1. The molecule has 0 aliphatic carbocycles. The van der Waals surface area contributed by atoms with Crippen LogP contribution in [0.2, 0.25) is 0 Å². The highest BCUT2D eigenvalue weighted by Gasteiger charge is 2.30. The Hall–Kier alpha value is -2.00. The molecule has 0 amide bonds. The van der Waals surface area contributed by atoms with Gasteiger partial charge in [-0.25, -0.2) is 0 Å². The summed E-state index contributed by atoms with van der Waals surface area (Å²) in [6.45, 7) is 1.93. The number of rotatable bonds is 3. The zero-order chi connectivity index (χ0) is 14.8. The van der Waals surface area contributed by atoms with Gasteiger partial charge in [-0.3, -0.25) is 0 Å².